The maximum Gasteiger partial charge on any atom is 0.422 e. The summed E-state index contributed by atoms with van der Waals surface area (Å²) in [6.45, 7) is 4.14. The van der Waals surface area contributed by atoms with Crippen LogP contribution in [0.25, 0.3) is 0 Å². The zero-order chi connectivity index (χ0) is 13.9. The minimum Gasteiger partial charge on any atom is -0.440 e. The van der Waals surface area contributed by atoms with Gasteiger partial charge in [-0.3, -0.25) is 0 Å². The summed E-state index contributed by atoms with van der Waals surface area (Å²) in [7, 11) is 0. The van der Waals surface area contributed by atoms with Crippen molar-refractivity contribution in [2.75, 3.05) is 6.61 Å². The first-order valence-electron chi connectivity index (χ1n) is 5.28. The van der Waals surface area contributed by atoms with Gasteiger partial charge in [0.15, 0.2) is 6.61 Å². The van der Waals surface area contributed by atoms with Gasteiger partial charge in [-0.05, 0) is 6.42 Å². The Morgan fingerprint density at radius 2 is 2.00 bits per heavy atom. The van der Waals surface area contributed by atoms with Crippen LogP contribution < -0.4 is 5.32 Å². The van der Waals surface area contributed by atoms with Gasteiger partial charge in [0.05, 0.1) is 6.07 Å². The molecule has 7 heteroatoms. The molecule has 0 heterocycles. The summed E-state index contributed by atoms with van der Waals surface area (Å²) >= 11 is 0. The molecule has 0 spiro atoms. The van der Waals surface area contributed by atoms with Gasteiger partial charge in [-0.25, -0.2) is 4.79 Å². The molecule has 0 fully saturated rings. The van der Waals surface area contributed by atoms with Crippen molar-refractivity contribution in [3.05, 3.63) is 0 Å². The van der Waals surface area contributed by atoms with E-state index in [9.17, 15) is 18.0 Å². The number of nitrogens with zero attached hydrogens (tertiary/aromatic N) is 1. The lowest BCUT2D eigenvalue weighted by Gasteiger charge is -2.11. The molecule has 0 saturated heterocycles. The van der Waals surface area contributed by atoms with Crippen LogP contribution in [0.4, 0.5) is 18.0 Å². The van der Waals surface area contributed by atoms with Gasteiger partial charge in [-0.1, -0.05) is 27.2 Å². The summed E-state index contributed by atoms with van der Waals surface area (Å²) in [5.41, 5.74) is 0. The lowest BCUT2D eigenvalue weighted by atomic mass is 10.2. The summed E-state index contributed by atoms with van der Waals surface area (Å²) in [4.78, 5) is 10.7. The molecule has 4 nitrogen and oxygen atoms in total. The van der Waals surface area contributed by atoms with E-state index >= 15 is 0 Å². The smallest absolute Gasteiger partial charge is 0.422 e. The fourth-order valence-electron chi connectivity index (χ4n) is 0.789. The minimum absolute atomic E-state index is 0.373. The minimum atomic E-state index is -4.55. The summed E-state index contributed by atoms with van der Waals surface area (Å²) in [5, 5.41) is 10.5. The molecule has 0 aromatic heterocycles. The number of rotatable bonds is 4. The fraction of sp³-hybridized carbons (Fsp3) is 0.800. The summed E-state index contributed by atoms with van der Waals surface area (Å²) < 4.78 is 38.7. The Balaban J connectivity index is 0. The van der Waals surface area contributed by atoms with E-state index in [1.54, 1.807) is 13.0 Å². The molecule has 1 N–H and O–H groups in total. The molecule has 0 aromatic rings. The van der Waals surface area contributed by atoms with Gasteiger partial charge in [0.1, 0.15) is 6.04 Å². The number of amides is 1. The van der Waals surface area contributed by atoms with Crippen LogP contribution >= 0.6 is 0 Å². The van der Waals surface area contributed by atoms with E-state index < -0.39 is 24.9 Å². The Morgan fingerprint density at radius 3 is 2.35 bits per heavy atom. The highest BCUT2D eigenvalue weighted by Gasteiger charge is 2.29. The first-order chi connectivity index (χ1) is 7.89. The van der Waals surface area contributed by atoms with E-state index in [0.717, 1.165) is 0 Å². The fourth-order valence-corrected chi connectivity index (χ4v) is 0.789. The molecule has 1 unspecified atom stereocenters. The van der Waals surface area contributed by atoms with Crippen LogP contribution in [0.5, 0.6) is 0 Å². The zero-order valence-corrected chi connectivity index (χ0v) is 10.1. The average molecular weight is 254 g/mol. The van der Waals surface area contributed by atoms with Crippen molar-refractivity contribution in [2.45, 2.75) is 45.8 Å². The van der Waals surface area contributed by atoms with Crippen LogP contribution in [0.15, 0.2) is 0 Å². The lowest BCUT2D eigenvalue weighted by Crippen LogP contribution is -2.36. The Kier molecular flexibility index (Phi) is 10.3. The number of alkyl carbamates (subject to hydrolysis) is 1. The number of carbonyl (C=O) groups is 1. The second-order valence-corrected chi connectivity index (χ2v) is 2.81. The van der Waals surface area contributed by atoms with Crippen molar-refractivity contribution in [1.29, 1.82) is 5.26 Å². The number of nitriles is 1. The molecule has 0 aliphatic carbocycles. The number of carbonyl (C=O) groups excluding carboxylic acids is 1. The van der Waals surface area contributed by atoms with E-state index in [0.29, 0.717) is 12.8 Å². The van der Waals surface area contributed by atoms with Gasteiger partial charge in [0.25, 0.3) is 0 Å². The Bertz CT molecular complexity index is 249. The molecule has 0 rings (SSSR count). The molecule has 0 bridgehead atoms. The monoisotopic (exact) mass is 254 g/mol. The van der Waals surface area contributed by atoms with Gasteiger partial charge in [-0.2, -0.15) is 18.4 Å². The van der Waals surface area contributed by atoms with Crippen LogP contribution in [-0.4, -0.2) is 24.9 Å². The number of hydrogen-bond donors (Lipinski definition) is 1. The predicted octanol–water partition coefficient (Wildman–Crippen LogP) is 2.99. The third-order valence-electron chi connectivity index (χ3n) is 1.39. The summed E-state index contributed by atoms with van der Waals surface area (Å²) in [5.74, 6) is 0. The molecule has 17 heavy (non-hydrogen) atoms. The van der Waals surface area contributed by atoms with E-state index in [1.165, 1.54) is 0 Å². The predicted molar refractivity (Wildman–Crippen MR) is 56.2 cm³/mol. The third kappa shape index (κ3) is 12.5. The maximum absolute atomic E-state index is 11.6. The van der Waals surface area contributed by atoms with Crippen molar-refractivity contribution in [3.8, 4) is 6.07 Å². The number of halogens is 3. The van der Waals surface area contributed by atoms with Crippen LogP contribution in [0.2, 0.25) is 0 Å². The van der Waals surface area contributed by atoms with Gasteiger partial charge in [-0.15, -0.1) is 0 Å². The van der Waals surface area contributed by atoms with Gasteiger partial charge in [0.2, 0.25) is 0 Å². The first kappa shape index (κ1) is 17.9. The Morgan fingerprint density at radius 1 is 1.47 bits per heavy atom. The molecule has 0 radical (unpaired) electrons. The molecular formula is C10H17F3N2O2. The molecule has 1 amide bonds. The van der Waals surface area contributed by atoms with E-state index in [-0.39, 0.29) is 0 Å². The Hall–Kier alpha value is -1.45. The van der Waals surface area contributed by atoms with Crippen molar-refractivity contribution >= 4 is 6.09 Å². The number of alkyl halides is 3. The zero-order valence-electron chi connectivity index (χ0n) is 10.1. The highest BCUT2D eigenvalue weighted by molar-refractivity contribution is 5.68. The van der Waals surface area contributed by atoms with Gasteiger partial charge < -0.3 is 10.1 Å². The quantitative estimate of drug-likeness (QED) is 0.838. The maximum atomic E-state index is 11.6. The molecular weight excluding hydrogens is 237 g/mol. The van der Waals surface area contributed by atoms with Crippen LogP contribution in [0.1, 0.15) is 33.6 Å². The number of ether oxygens (including phenoxy) is 1. The van der Waals surface area contributed by atoms with E-state index in [1.807, 2.05) is 19.2 Å². The van der Waals surface area contributed by atoms with Crippen LogP contribution in [-0.2, 0) is 4.74 Å². The average Bonchev–Trinajstić information content (AvgIpc) is 2.27. The SMILES string of the molecule is CC.CCCC(C#N)NC(=O)OCC(F)(F)F. The highest BCUT2D eigenvalue weighted by Crippen LogP contribution is 2.14. The van der Waals surface area contributed by atoms with Crippen molar-refractivity contribution in [2.24, 2.45) is 0 Å². The number of hydrogen-bond acceptors (Lipinski definition) is 3. The summed E-state index contributed by atoms with van der Waals surface area (Å²) in [6.07, 6.45) is -4.77. The van der Waals surface area contributed by atoms with Crippen molar-refractivity contribution in [1.82, 2.24) is 5.32 Å². The largest absolute Gasteiger partial charge is 0.440 e. The molecule has 0 saturated carbocycles. The molecule has 100 valence electrons. The lowest BCUT2D eigenvalue weighted by molar-refractivity contribution is -0.160. The number of nitrogens with one attached hydrogen (secondary N) is 1. The van der Waals surface area contributed by atoms with E-state index in [4.69, 9.17) is 5.26 Å². The van der Waals surface area contributed by atoms with Crippen molar-refractivity contribution in [3.63, 3.8) is 0 Å². The molecule has 0 aliphatic rings. The van der Waals surface area contributed by atoms with Gasteiger partial charge in [0, 0.05) is 0 Å². The Labute approximate surface area is 98.7 Å². The van der Waals surface area contributed by atoms with E-state index in [2.05, 4.69) is 4.74 Å². The second kappa shape index (κ2) is 9.75. The summed E-state index contributed by atoms with van der Waals surface area (Å²) in [6, 6.07) is 0.928. The molecule has 1 atom stereocenters. The topological polar surface area (TPSA) is 62.1 Å². The highest BCUT2D eigenvalue weighted by atomic mass is 19.4. The standard InChI is InChI=1S/C8H11F3N2O2.C2H6/c1-2-3-6(4-12)13-7(14)15-5-8(9,10)11;1-2/h6H,2-3,5H2,1H3,(H,13,14);1-2H3. The van der Waals surface area contributed by atoms with Crippen LogP contribution in [0.3, 0.4) is 0 Å². The second-order valence-electron chi connectivity index (χ2n) is 2.81. The normalized spacial score (nSPS) is 11.6. The van der Waals surface area contributed by atoms with Gasteiger partial charge >= 0.3 is 12.3 Å². The van der Waals surface area contributed by atoms with Crippen LogP contribution in [0, 0.1) is 11.3 Å². The first-order valence-corrected chi connectivity index (χ1v) is 5.28. The molecule has 0 aromatic carbocycles. The third-order valence-corrected chi connectivity index (χ3v) is 1.39. The van der Waals surface area contributed by atoms with Crippen molar-refractivity contribution < 1.29 is 22.7 Å². The molecule has 0 aliphatic heterocycles.